The summed E-state index contributed by atoms with van der Waals surface area (Å²) in [7, 11) is 0. The Bertz CT molecular complexity index is 2610. The van der Waals surface area contributed by atoms with Crippen LogP contribution in [0.1, 0.15) is 16.7 Å². The third-order valence-corrected chi connectivity index (χ3v) is 10.1. The van der Waals surface area contributed by atoms with Crippen LogP contribution < -0.4 is 15.8 Å². The number of fused-ring (bicyclic) bond motifs is 7. The van der Waals surface area contributed by atoms with Crippen molar-refractivity contribution in [3.05, 3.63) is 167 Å². The van der Waals surface area contributed by atoms with E-state index in [0.717, 1.165) is 39.1 Å². The summed E-state index contributed by atoms with van der Waals surface area (Å²) in [4.78, 5) is 4.77. The minimum absolute atomic E-state index is 0.746. The molecule has 1 aliphatic carbocycles. The number of anilines is 1. The summed E-state index contributed by atoms with van der Waals surface area (Å²) in [5, 5.41) is 9.67. The predicted octanol–water partition coefficient (Wildman–Crippen LogP) is 9.61. The van der Waals surface area contributed by atoms with Gasteiger partial charge in [0.15, 0.2) is 0 Å². The van der Waals surface area contributed by atoms with E-state index >= 15 is 0 Å². The van der Waals surface area contributed by atoms with Gasteiger partial charge in [-0.25, -0.2) is 0 Å². The smallest absolute Gasteiger partial charge is 0.0780 e. The maximum atomic E-state index is 4.77. The first kappa shape index (κ1) is 26.7. The second kappa shape index (κ2) is 11.0. The number of para-hydroxylation sites is 1. The van der Waals surface area contributed by atoms with Crippen molar-refractivity contribution in [3.63, 3.8) is 0 Å². The molecule has 0 saturated carbocycles. The Labute approximate surface area is 271 Å². The van der Waals surface area contributed by atoms with Crippen LogP contribution >= 0.6 is 11.3 Å². The molecule has 1 aliphatic heterocycles. The molecule has 0 unspecified atom stereocenters. The molecule has 9 rings (SSSR count). The summed E-state index contributed by atoms with van der Waals surface area (Å²) in [6.45, 7) is 0.746. The Morgan fingerprint density at radius 2 is 1.59 bits per heavy atom. The molecule has 1 N–H and O–H groups in total. The first-order valence-corrected chi connectivity index (χ1v) is 16.4. The fourth-order valence-corrected chi connectivity index (χ4v) is 7.84. The van der Waals surface area contributed by atoms with Crippen molar-refractivity contribution < 1.29 is 0 Å². The first-order chi connectivity index (χ1) is 22.8. The van der Waals surface area contributed by atoms with Crippen molar-refractivity contribution in [3.8, 4) is 11.1 Å². The van der Waals surface area contributed by atoms with Gasteiger partial charge in [-0.2, -0.15) is 0 Å². The van der Waals surface area contributed by atoms with Gasteiger partial charge < -0.3 is 5.32 Å². The average molecular weight is 605 g/mol. The minimum atomic E-state index is 0.746. The molecule has 0 bridgehead atoms. The average Bonchev–Trinajstić information content (AvgIpc) is 3.33. The van der Waals surface area contributed by atoms with Crippen molar-refractivity contribution in [2.24, 2.45) is 0 Å². The lowest BCUT2D eigenvalue weighted by Gasteiger charge is -2.13. The Morgan fingerprint density at radius 3 is 2.54 bits per heavy atom. The fourth-order valence-electron chi connectivity index (χ4n) is 6.72. The van der Waals surface area contributed by atoms with Crippen LogP contribution in [-0.4, -0.2) is 11.5 Å². The largest absolute Gasteiger partial charge is 0.380 e. The number of hydrogen-bond donors (Lipinski definition) is 1. The maximum Gasteiger partial charge on any atom is 0.0780 e. The number of pyridine rings is 1. The van der Waals surface area contributed by atoms with Crippen molar-refractivity contribution in [2.75, 3.05) is 11.9 Å². The van der Waals surface area contributed by atoms with E-state index in [-0.39, 0.29) is 0 Å². The molecule has 0 spiro atoms. The zero-order valence-corrected chi connectivity index (χ0v) is 25.8. The monoisotopic (exact) mass is 604 g/mol. The highest BCUT2D eigenvalue weighted by molar-refractivity contribution is 7.26. The third kappa shape index (κ3) is 4.53. The van der Waals surface area contributed by atoms with Crippen molar-refractivity contribution >= 4 is 77.1 Å². The van der Waals surface area contributed by atoms with E-state index in [0.29, 0.717) is 0 Å². The Hall–Kier alpha value is -5.73. The first-order valence-electron chi connectivity index (χ1n) is 15.6. The summed E-state index contributed by atoms with van der Waals surface area (Å²) in [5.74, 6) is 0. The molecule has 3 heteroatoms. The highest BCUT2D eigenvalue weighted by Crippen LogP contribution is 2.42. The Balaban J connectivity index is 1.15. The third-order valence-electron chi connectivity index (χ3n) is 8.99. The number of hydrogen-bond acceptors (Lipinski definition) is 3. The number of aromatic nitrogens is 1. The van der Waals surface area contributed by atoms with Crippen LogP contribution in [0.25, 0.3) is 71.2 Å². The molecule has 46 heavy (non-hydrogen) atoms. The summed E-state index contributed by atoms with van der Waals surface area (Å²) in [6, 6.07) is 39.1. The van der Waals surface area contributed by atoms with Gasteiger partial charge in [-0.1, -0.05) is 115 Å². The van der Waals surface area contributed by atoms with Gasteiger partial charge in [0, 0.05) is 49.1 Å². The lowest BCUT2D eigenvalue weighted by Crippen LogP contribution is -2.28. The van der Waals surface area contributed by atoms with Gasteiger partial charge in [0.1, 0.15) is 0 Å². The molecule has 2 nitrogen and oxygen atoms in total. The van der Waals surface area contributed by atoms with Crippen LogP contribution in [0.2, 0.25) is 0 Å². The summed E-state index contributed by atoms with van der Waals surface area (Å²) < 4.78 is 2.57. The highest BCUT2D eigenvalue weighted by Gasteiger charge is 2.15. The number of allylic oxidation sites excluding steroid dienone is 5. The number of benzene rings is 5. The van der Waals surface area contributed by atoms with Gasteiger partial charge in [0.2, 0.25) is 0 Å². The van der Waals surface area contributed by atoms with Gasteiger partial charge >= 0.3 is 0 Å². The molecule has 7 aromatic rings. The molecule has 3 heterocycles. The molecule has 0 fully saturated rings. The quantitative estimate of drug-likeness (QED) is 0.217. The minimum Gasteiger partial charge on any atom is -0.380 e. The highest BCUT2D eigenvalue weighted by atomic mass is 32.1. The number of rotatable bonds is 3. The molecular weight excluding hydrogens is 577 g/mol. The van der Waals surface area contributed by atoms with E-state index < -0.39 is 0 Å². The Kier molecular flexibility index (Phi) is 6.38. The molecule has 2 aromatic heterocycles. The van der Waals surface area contributed by atoms with Crippen LogP contribution in [0.5, 0.6) is 0 Å². The van der Waals surface area contributed by atoms with Gasteiger partial charge in [-0.15, -0.1) is 17.1 Å². The molecular formula is C43H28N2S. The van der Waals surface area contributed by atoms with E-state index in [1.54, 1.807) is 0 Å². The zero-order valence-electron chi connectivity index (χ0n) is 25.0. The molecule has 0 radical (unpaired) electrons. The molecule has 0 saturated heterocycles. The number of nitrogens with one attached hydrogen (secondary N) is 1. The lowest BCUT2D eigenvalue weighted by atomic mass is 9.96. The maximum absolute atomic E-state index is 4.77. The van der Waals surface area contributed by atoms with Crippen molar-refractivity contribution in [1.29, 1.82) is 0 Å². The van der Waals surface area contributed by atoms with Crippen LogP contribution in [0.3, 0.4) is 0 Å². The second-order valence-electron chi connectivity index (χ2n) is 11.7. The van der Waals surface area contributed by atoms with E-state index in [1.165, 1.54) is 53.6 Å². The topological polar surface area (TPSA) is 24.9 Å². The van der Waals surface area contributed by atoms with Crippen LogP contribution in [0, 0.1) is 0 Å². The lowest BCUT2D eigenvalue weighted by molar-refractivity contribution is 1.30. The van der Waals surface area contributed by atoms with E-state index in [2.05, 4.69) is 151 Å². The molecule has 5 aromatic carbocycles. The van der Waals surface area contributed by atoms with E-state index in [1.807, 2.05) is 23.6 Å². The molecule has 216 valence electrons. The molecule has 0 atom stereocenters. The zero-order chi connectivity index (χ0) is 30.5. The van der Waals surface area contributed by atoms with Gasteiger partial charge in [0.25, 0.3) is 0 Å². The Morgan fingerprint density at radius 1 is 0.696 bits per heavy atom. The second-order valence-corrected chi connectivity index (χ2v) is 12.8. The summed E-state index contributed by atoms with van der Waals surface area (Å²) in [6.07, 6.45) is 15.2. The SMILES string of the molecule is C1=CC(c2ccc3sc4cccc(-c5cccc6cccnc56)c4c3c2)=CC=c2ccc3c(c2=1)NC/C=C(c1ccccc1)\C=C/3. The van der Waals surface area contributed by atoms with Gasteiger partial charge in [-0.05, 0) is 69.0 Å². The van der Waals surface area contributed by atoms with Crippen molar-refractivity contribution in [2.45, 2.75) is 0 Å². The van der Waals surface area contributed by atoms with Gasteiger partial charge in [0.05, 0.1) is 11.2 Å². The molecule has 0 amide bonds. The van der Waals surface area contributed by atoms with Crippen LogP contribution in [0.15, 0.2) is 140 Å². The van der Waals surface area contributed by atoms with E-state index in [9.17, 15) is 0 Å². The van der Waals surface area contributed by atoms with Crippen LogP contribution in [0.4, 0.5) is 5.69 Å². The van der Waals surface area contributed by atoms with E-state index in [4.69, 9.17) is 4.98 Å². The van der Waals surface area contributed by atoms with Crippen LogP contribution in [-0.2, 0) is 0 Å². The van der Waals surface area contributed by atoms with Crippen molar-refractivity contribution in [1.82, 2.24) is 4.98 Å². The normalized spacial score (nSPS) is 15.7. The van der Waals surface area contributed by atoms with Gasteiger partial charge in [-0.3, -0.25) is 4.98 Å². The fraction of sp³-hybridized carbons (Fsp3) is 0.0233. The standard InChI is InChI=1S/C43H28N2S/c1-2-7-28(8-3-1)30-15-18-33-19-17-31-16-14-29(20-22-35(31)42(33)45-26-24-30)34-21-23-39-38(27-34)41-36(11-5-13-40(41)46-39)37-12-4-9-32-10-6-25-44-43(32)37/h1-21,23-25,27,45H,26H2/b18-15-,30-24+. The summed E-state index contributed by atoms with van der Waals surface area (Å²) in [5.41, 5.74) is 14.2. The molecule has 2 aliphatic rings. The number of thiophene rings is 1. The summed E-state index contributed by atoms with van der Waals surface area (Å²) >= 11 is 1.85. The number of nitrogens with zero attached hydrogens (tertiary/aromatic N) is 1. The predicted molar refractivity (Wildman–Crippen MR) is 198 cm³/mol.